The van der Waals surface area contributed by atoms with Crippen molar-refractivity contribution < 1.29 is 9.59 Å². The third-order valence-corrected chi connectivity index (χ3v) is 4.60. The molecule has 2 rings (SSSR count). The maximum absolute atomic E-state index is 12.1. The van der Waals surface area contributed by atoms with Gasteiger partial charge in [0.15, 0.2) is 0 Å². The second-order valence-corrected chi connectivity index (χ2v) is 6.47. The minimum atomic E-state index is -0.335. The van der Waals surface area contributed by atoms with Crippen LogP contribution in [0.2, 0.25) is 0 Å². The van der Waals surface area contributed by atoms with Gasteiger partial charge in [-0.15, -0.1) is 0 Å². The minimum Gasteiger partial charge on any atom is -0.335 e. The number of carbonyl (C=O) groups is 2. The average molecular weight is 310 g/mol. The van der Waals surface area contributed by atoms with Gasteiger partial charge in [0.05, 0.1) is 6.54 Å². The molecule has 6 nitrogen and oxygen atoms in total. The summed E-state index contributed by atoms with van der Waals surface area (Å²) in [5, 5.41) is 8.74. The first-order valence-electron chi connectivity index (χ1n) is 8.74. The lowest BCUT2D eigenvalue weighted by Gasteiger charge is -2.27. The molecule has 6 heteroatoms. The fourth-order valence-electron chi connectivity index (χ4n) is 3.45. The summed E-state index contributed by atoms with van der Waals surface area (Å²) in [4.78, 5) is 26.2. The first-order chi connectivity index (χ1) is 10.7. The van der Waals surface area contributed by atoms with Crippen LogP contribution in [0.5, 0.6) is 0 Å². The molecule has 3 N–H and O–H groups in total. The summed E-state index contributed by atoms with van der Waals surface area (Å²) in [6.45, 7) is 5.25. The number of rotatable bonds is 6. The molecule has 22 heavy (non-hydrogen) atoms. The van der Waals surface area contributed by atoms with Crippen molar-refractivity contribution in [2.24, 2.45) is 0 Å². The zero-order valence-electron chi connectivity index (χ0n) is 13.7. The van der Waals surface area contributed by atoms with Crippen molar-refractivity contribution in [1.29, 1.82) is 0 Å². The number of amides is 3. The van der Waals surface area contributed by atoms with Gasteiger partial charge in [0.25, 0.3) is 0 Å². The molecule has 0 aromatic heterocycles. The zero-order chi connectivity index (χ0) is 15.8. The summed E-state index contributed by atoms with van der Waals surface area (Å²) in [6, 6.07) is 0.303. The van der Waals surface area contributed by atoms with Crippen LogP contribution in [-0.2, 0) is 4.79 Å². The summed E-state index contributed by atoms with van der Waals surface area (Å²) in [5.74, 6) is -0.200. The largest absolute Gasteiger partial charge is 0.335 e. The van der Waals surface area contributed by atoms with Gasteiger partial charge in [-0.1, -0.05) is 26.2 Å². The van der Waals surface area contributed by atoms with Crippen molar-refractivity contribution in [2.75, 3.05) is 26.2 Å². The number of nitrogens with one attached hydrogen (secondary N) is 3. The normalized spacial score (nSPS) is 22.7. The molecule has 1 unspecified atom stereocenters. The molecule has 126 valence electrons. The Morgan fingerprint density at radius 3 is 2.59 bits per heavy atom. The highest BCUT2D eigenvalue weighted by molar-refractivity contribution is 5.95. The first-order valence-corrected chi connectivity index (χ1v) is 8.74. The standard InChI is InChI=1S/C16H30N4O2/c1-2-10-20(14-8-9-17-11-14)12-15(21)19-16(22)18-13-6-4-3-5-7-13/h13-14,17H,2-12H2,1H3,(H2,18,19,21,22). The molecule has 1 aliphatic carbocycles. The highest BCUT2D eigenvalue weighted by Crippen LogP contribution is 2.17. The Morgan fingerprint density at radius 1 is 1.18 bits per heavy atom. The van der Waals surface area contributed by atoms with E-state index < -0.39 is 0 Å². The van der Waals surface area contributed by atoms with Crippen LogP contribution in [0, 0.1) is 0 Å². The second-order valence-electron chi connectivity index (χ2n) is 6.47. The van der Waals surface area contributed by atoms with Crippen LogP contribution in [0.4, 0.5) is 4.79 Å². The molecule has 0 spiro atoms. The van der Waals surface area contributed by atoms with Gasteiger partial charge < -0.3 is 10.6 Å². The van der Waals surface area contributed by atoms with Crippen molar-refractivity contribution in [2.45, 2.75) is 64.0 Å². The van der Waals surface area contributed by atoms with E-state index in [0.29, 0.717) is 12.6 Å². The Balaban J connectivity index is 1.73. The number of carbonyl (C=O) groups excluding carboxylic acids is 2. The molecule has 0 aromatic carbocycles. The van der Waals surface area contributed by atoms with Gasteiger partial charge in [0.2, 0.25) is 5.91 Å². The Kier molecular flexibility index (Phi) is 7.12. The van der Waals surface area contributed by atoms with E-state index in [2.05, 4.69) is 27.8 Å². The van der Waals surface area contributed by atoms with Crippen LogP contribution in [0.15, 0.2) is 0 Å². The minimum absolute atomic E-state index is 0.200. The molecule has 2 aliphatic rings. The Morgan fingerprint density at radius 2 is 1.95 bits per heavy atom. The molecule has 3 amide bonds. The molecule has 2 fully saturated rings. The number of imide groups is 1. The highest BCUT2D eigenvalue weighted by Gasteiger charge is 2.24. The van der Waals surface area contributed by atoms with E-state index in [1.807, 2.05) is 0 Å². The van der Waals surface area contributed by atoms with Gasteiger partial charge in [-0.3, -0.25) is 15.0 Å². The summed E-state index contributed by atoms with van der Waals surface area (Å²) in [7, 11) is 0. The van der Waals surface area contributed by atoms with Crippen molar-refractivity contribution >= 4 is 11.9 Å². The molecule has 1 aliphatic heterocycles. The van der Waals surface area contributed by atoms with Gasteiger partial charge in [-0.2, -0.15) is 0 Å². The predicted octanol–water partition coefficient (Wildman–Crippen LogP) is 1.22. The van der Waals surface area contributed by atoms with Gasteiger partial charge in [0.1, 0.15) is 0 Å². The molecule has 0 radical (unpaired) electrons. The lowest BCUT2D eigenvalue weighted by Crippen LogP contribution is -2.50. The van der Waals surface area contributed by atoms with Gasteiger partial charge in [-0.25, -0.2) is 4.79 Å². The van der Waals surface area contributed by atoms with E-state index in [1.165, 1.54) is 6.42 Å². The Hall–Kier alpha value is -1.14. The van der Waals surface area contributed by atoms with Gasteiger partial charge in [-0.05, 0) is 38.8 Å². The van der Waals surface area contributed by atoms with Crippen LogP contribution in [0.25, 0.3) is 0 Å². The number of urea groups is 1. The molecule has 1 heterocycles. The fourth-order valence-corrected chi connectivity index (χ4v) is 3.45. The number of hydrogen-bond donors (Lipinski definition) is 3. The lowest BCUT2D eigenvalue weighted by molar-refractivity contribution is -0.121. The van der Waals surface area contributed by atoms with E-state index >= 15 is 0 Å². The van der Waals surface area contributed by atoms with Crippen molar-refractivity contribution in [1.82, 2.24) is 20.9 Å². The first kappa shape index (κ1) is 17.2. The summed E-state index contributed by atoms with van der Waals surface area (Å²) in [6.07, 6.45) is 7.71. The van der Waals surface area contributed by atoms with Crippen molar-refractivity contribution in [3.63, 3.8) is 0 Å². The molecular weight excluding hydrogens is 280 g/mol. The van der Waals surface area contributed by atoms with Gasteiger partial charge in [0, 0.05) is 18.6 Å². The second kappa shape index (κ2) is 9.10. The molecule has 1 atom stereocenters. The molecule has 0 aromatic rings. The van der Waals surface area contributed by atoms with E-state index in [-0.39, 0.29) is 18.0 Å². The van der Waals surface area contributed by atoms with Gasteiger partial charge >= 0.3 is 6.03 Å². The van der Waals surface area contributed by atoms with Crippen molar-refractivity contribution in [3.05, 3.63) is 0 Å². The summed E-state index contributed by atoms with van der Waals surface area (Å²) >= 11 is 0. The fraction of sp³-hybridized carbons (Fsp3) is 0.875. The van der Waals surface area contributed by atoms with Crippen LogP contribution in [-0.4, -0.2) is 55.1 Å². The van der Waals surface area contributed by atoms with Crippen LogP contribution in [0.3, 0.4) is 0 Å². The molecule has 1 saturated heterocycles. The Labute approximate surface area is 133 Å². The van der Waals surface area contributed by atoms with Crippen LogP contribution < -0.4 is 16.0 Å². The van der Waals surface area contributed by atoms with Crippen LogP contribution in [0.1, 0.15) is 51.9 Å². The highest BCUT2D eigenvalue weighted by atomic mass is 16.2. The topological polar surface area (TPSA) is 73.5 Å². The molecule has 1 saturated carbocycles. The molecular formula is C16H30N4O2. The number of nitrogens with zero attached hydrogens (tertiary/aromatic N) is 1. The summed E-state index contributed by atoms with van der Waals surface area (Å²) < 4.78 is 0. The third-order valence-electron chi connectivity index (χ3n) is 4.60. The Bertz CT molecular complexity index is 363. The third kappa shape index (κ3) is 5.57. The maximum atomic E-state index is 12.1. The predicted molar refractivity (Wildman–Crippen MR) is 86.7 cm³/mol. The van der Waals surface area contributed by atoms with Crippen LogP contribution >= 0.6 is 0 Å². The molecule has 0 bridgehead atoms. The zero-order valence-corrected chi connectivity index (χ0v) is 13.7. The summed E-state index contributed by atoms with van der Waals surface area (Å²) in [5.41, 5.74) is 0. The quantitative estimate of drug-likeness (QED) is 0.690. The van der Waals surface area contributed by atoms with E-state index in [9.17, 15) is 9.59 Å². The van der Waals surface area contributed by atoms with Crippen molar-refractivity contribution in [3.8, 4) is 0 Å². The smallest absolute Gasteiger partial charge is 0.321 e. The SMILES string of the molecule is CCCN(CC(=O)NC(=O)NC1CCCCC1)C1CCNC1. The maximum Gasteiger partial charge on any atom is 0.321 e. The monoisotopic (exact) mass is 310 g/mol. The van der Waals surface area contributed by atoms with E-state index in [1.54, 1.807) is 0 Å². The van der Waals surface area contributed by atoms with E-state index in [0.717, 1.165) is 58.2 Å². The van der Waals surface area contributed by atoms with E-state index in [4.69, 9.17) is 0 Å². The number of hydrogen-bond acceptors (Lipinski definition) is 4. The average Bonchev–Trinajstić information content (AvgIpc) is 3.01. The lowest BCUT2D eigenvalue weighted by atomic mass is 9.96.